The Morgan fingerprint density at radius 2 is 1.88 bits per heavy atom. The van der Waals surface area contributed by atoms with Gasteiger partial charge < -0.3 is 4.90 Å². The Morgan fingerprint density at radius 1 is 1.38 bits per heavy atom. The van der Waals surface area contributed by atoms with Crippen LogP contribution >= 0.6 is 11.6 Å². The minimum absolute atomic E-state index is 0.482. The maximum atomic E-state index is 12.1. The van der Waals surface area contributed by atoms with E-state index in [2.05, 4.69) is 0 Å². The molecule has 0 saturated carbocycles. The van der Waals surface area contributed by atoms with Crippen LogP contribution in [-0.4, -0.2) is 41.5 Å². The van der Waals surface area contributed by atoms with Crippen molar-refractivity contribution < 1.29 is 22.8 Å². The Bertz CT molecular complexity index is 268. The number of carbonyl (C=O) groups excluding carboxylic acids is 2. The van der Waals surface area contributed by atoms with Crippen LogP contribution in [0.2, 0.25) is 0 Å². The van der Waals surface area contributed by atoms with Gasteiger partial charge in [0.2, 0.25) is 5.91 Å². The highest BCUT2D eigenvalue weighted by atomic mass is 35.5. The molecule has 0 radical (unpaired) electrons. The predicted octanol–water partition coefficient (Wildman–Crippen LogP) is 1.73. The van der Waals surface area contributed by atoms with Crippen molar-refractivity contribution in [3.05, 3.63) is 0 Å². The van der Waals surface area contributed by atoms with E-state index in [0.717, 1.165) is 0 Å². The topological polar surface area (TPSA) is 49.4 Å². The second-order valence-corrected chi connectivity index (χ2v) is 3.59. The van der Waals surface area contributed by atoms with Crippen LogP contribution in [0.3, 0.4) is 0 Å². The van der Waals surface area contributed by atoms with Crippen LogP contribution in [-0.2, 0) is 4.79 Å². The fourth-order valence-electron chi connectivity index (χ4n) is 0.907. The van der Waals surface area contributed by atoms with E-state index in [0.29, 0.717) is 4.90 Å². The van der Waals surface area contributed by atoms with Gasteiger partial charge in [-0.25, -0.2) is 4.79 Å². The lowest BCUT2D eigenvalue weighted by Gasteiger charge is -2.27. The number of imide groups is 1. The van der Waals surface area contributed by atoms with Crippen molar-refractivity contribution in [3.63, 3.8) is 0 Å². The minimum atomic E-state index is -4.51. The SMILES string of the molecule is CC(C)N(CC(F)(F)F)C(=O)NC(=O)CCl. The van der Waals surface area contributed by atoms with Crippen molar-refractivity contribution in [1.29, 1.82) is 0 Å². The summed E-state index contributed by atoms with van der Waals surface area (Å²) >= 11 is 5.11. The number of nitrogens with one attached hydrogen (secondary N) is 1. The van der Waals surface area contributed by atoms with Crippen molar-refractivity contribution >= 4 is 23.5 Å². The minimum Gasteiger partial charge on any atom is -0.313 e. The second kappa shape index (κ2) is 5.93. The third kappa shape index (κ3) is 5.79. The summed E-state index contributed by atoms with van der Waals surface area (Å²) in [6.07, 6.45) is -4.51. The van der Waals surface area contributed by atoms with Crippen molar-refractivity contribution in [2.45, 2.75) is 26.1 Å². The summed E-state index contributed by atoms with van der Waals surface area (Å²) in [6, 6.07) is -1.78. The van der Waals surface area contributed by atoms with E-state index in [4.69, 9.17) is 11.6 Å². The maximum absolute atomic E-state index is 12.1. The molecule has 0 bridgehead atoms. The zero-order valence-corrected chi connectivity index (χ0v) is 9.52. The first-order valence-electron chi connectivity index (χ1n) is 4.40. The lowest BCUT2D eigenvalue weighted by atomic mass is 10.3. The van der Waals surface area contributed by atoms with Gasteiger partial charge in [0.25, 0.3) is 0 Å². The molecular formula is C8H12ClF3N2O2. The quantitative estimate of drug-likeness (QED) is 0.786. The van der Waals surface area contributed by atoms with Crippen LogP contribution in [0.5, 0.6) is 0 Å². The fraction of sp³-hybridized carbons (Fsp3) is 0.750. The van der Waals surface area contributed by atoms with Gasteiger partial charge in [-0.2, -0.15) is 13.2 Å². The molecule has 0 atom stereocenters. The first-order chi connectivity index (χ1) is 7.17. The van der Waals surface area contributed by atoms with E-state index in [9.17, 15) is 22.8 Å². The molecule has 3 amide bonds. The van der Waals surface area contributed by atoms with Crippen LogP contribution in [0.15, 0.2) is 0 Å². The Kier molecular flexibility index (Phi) is 5.57. The molecule has 8 heteroatoms. The molecule has 0 aliphatic carbocycles. The van der Waals surface area contributed by atoms with Gasteiger partial charge in [-0.15, -0.1) is 11.6 Å². The van der Waals surface area contributed by atoms with Gasteiger partial charge in [-0.3, -0.25) is 10.1 Å². The first-order valence-corrected chi connectivity index (χ1v) is 4.94. The zero-order chi connectivity index (χ0) is 12.9. The zero-order valence-electron chi connectivity index (χ0n) is 8.77. The van der Waals surface area contributed by atoms with Crippen molar-refractivity contribution in [1.82, 2.24) is 10.2 Å². The normalized spacial score (nSPS) is 11.4. The Hall–Kier alpha value is -0.980. The van der Waals surface area contributed by atoms with Crippen molar-refractivity contribution in [3.8, 4) is 0 Å². The molecule has 0 saturated heterocycles. The number of hydrogen-bond donors (Lipinski definition) is 1. The lowest BCUT2D eigenvalue weighted by molar-refractivity contribution is -0.143. The Labute approximate surface area is 95.7 Å². The molecule has 94 valence electrons. The number of amides is 3. The summed E-state index contributed by atoms with van der Waals surface area (Å²) in [5, 5.41) is 1.75. The molecule has 0 fully saturated rings. The summed E-state index contributed by atoms with van der Waals surface area (Å²) in [4.78, 5) is 22.5. The van der Waals surface area contributed by atoms with E-state index in [1.54, 1.807) is 5.32 Å². The van der Waals surface area contributed by atoms with Crippen LogP contribution in [0.4, 0.5) is 18.0 Å². The molecule has 16 heavy (non-hydrogen) atoms. The highest BCUT2D eigenvalue weighted by molar-refractivity contribution is 6.28. The van der Waals surface area contributed by atoms with Gasteiger partial charge in [-0.05, 0) is 13.8 Å². The van der Waals surface area contributed by atoms with Crippen LogP contribution in [0.25, 0.3) is 0 Å². The molecule has 0 unspecified atom stereocenters. The smallest absolute Gasteiger partial charge is 0.313 e. The third-order valence-electron chi connectivity index (χ3n) is 1.60. The molecule has 0 aromatic rings. The predicted molar refractivity (Wildman–Crippen MR) is 52.2 cm³/mol. The van der Waals surface area contributed by atoms with Crippen LogP contribution in [0, 0.1) is 0 Å². The van der Waals surface area contributed by atoms with E-state index >= 15 is 0 Å². The first kappa shape index (κ1) is 15.0. The molecule has 0 heterocycles. The second-order valence-electron chi connectivity index (χ2n) is 3.32. The average molecular weight is 261 g/mol. The highest BCUT2D eigenvalue weighted by Gasteiger charge is 2.34. The number of rotatable bonds is 3. The Balaban J connectivity index is 4.54. The molecule has 4 nitrogen and oxygen atoms in total. The van der Waals surface area contributed by atoms with Gasteiger partial charge in [0, 0.05) is 6.04 Å². The summed E-state index contributed by atoms with van der Waals surface area (Å²) < 4.78 is 36.3. The summed E-state index contributed by atoms with van der Waals surface area (Å²) in [7, 11) is 0. The third-order valence-corrected chi connectivity index (χ3v) is 1.84. The van der Waals surface area contributed by atoms with Crippen molar-refractivity contribution in [2.24, 2.45) is 0 Å². The van der Waals surface area contributed by atoms with Crippen LogP contribution in [0.1, 0.15) is 13.8 Å². The molecule has 0 spiro atoms. The van der Waals surface area contributed by atoms with Gasteiger partial charge in [0.05, 0.1) is 0 Å². The molecule has 1 N–H and O–H groups in total. The van der Waals surface area contributed by atoms with E-state index in [-0.39, 0.29) is 0 Å². The Morgan fingerprint density at radius 3 is 2.19 bits per heavy atom. The van der Waals surface area contributed by atoms with Gasteiger partial charge in [-0.1, -0.05) is 0 Å². The summed E-state index contributed by atoms with van der Waals surface area (Å²) in [6.45, 7) is 1.42. The number of hydrogen-bond acceptors (Lipinski definition) is 2. The van der Waals surface area contributed by atoms with E-state index in [1.165, 1.54) is 13.8 Å². The fourth-order valence-corrected chi connectivity index (χ4v) is 0.973. The maximum Gasteiger partial charge on any atom is 0.406 e. The number of carbonyl (C=O) groups is 2. The monoisotopic (exact) mass is 260 g/mol. The number of nitrogens with zero attached hydrogens (tertiary/aromatic N) is 1. The number of halogens is 4. The number of urea groups is 1. The molecule has 0 aliphatic rings. The molecule has 0 aliphatic heterocycles. The number of alkyl halides is 4. The largest absolute Gasteiger partial charge is 0.406 e. The molecule has 0 aromatic carbocycles. The van der Waals surface area contributed by atoms with Gasteiger partial charge >= 0.3 is 12.2 Å². The molecule has 0 aromatic heterocycles. The summed E-state index contributed by atoms with van der Waals surface area (Å²) in [5.74, 6) is -1.32. The molecular weight excluding hydrogens is 249 g/mol. The average Bonchev–Trinajstić information content (AvgIpc) is 2.12. The standard InChI is InChI=1S/C8H12ClF3N2O2/c1-5(2)14(4-8(10,11)12)7(16)13-6(15)3-9/h5H,3-4H2,1-2H3,(H,13,15,16). The van der Waals surface area contributed by atoms with Crippen molar-refractivity contribution in [2.75, 3.05) is 12.4 Å². The van der Waals surface area contributed by atoms with Crippen LogP contribution < -0.4 is 5.32 Å². The van der Waals surface area contributed by atoms with Gasteiger partial charge in [0.15, 0.2) is 0 Å². The van der Waals surface area contributed by atoms with E-state index < -0.39 is 36.6 Å². The molecule has 0 rings (SSSR count). The van der Waals surface area contributed by atoms with Gasteiger partial charge in [0.1, 0.15) is 12.4 Å². The summed E-state index contributed by atoms with van der Waals surface area (Å²) in [5.41, 5.74) is 0. The van der Waals surface area contributed by atoms with E-state index in [1.807, 2.05) is 0 Å². The highest BCUT2D eigenvalue weighted by Crippen LogP contribution is 2.17. The lowest BCUT2D eigenvalue weighted by Crippen LogP contribution is -2.50.